The van der Waals surface area contributed by atoms with Gasteiger partial charge in [0.1, 0.15) is 0 Å². The zero-order chi connectivity index (χ0) is 11.5. The smallest absolute Gasteiger partial charge is 0.0426 e. The van der Waals surface area contributed by atoms with E-state index in [1.807, 2.05) is 0 Å². The summed E-state index contributed by atoms with van der Waals surface area (Å²) < 4.78 is 0. The summed E-state index contributed by atoms with van der Waals surface area (Å²) in [7, 11) is 2.22. The minimum absolute atomic E-state index is 0.682. The maximum Gasteiger partial charge on any atom is 0.0426 e. The van der Waals surface area contributed by atoms with Crippen molar-refractivity contribution in [2.24, 2.45) is 0 Å². The molecule has 1 aromatic rings. The number of hydrogen-bond donors (Lipinski definition) is 0. The average molecular weight is 218 g/mol. The first-order chi connectivity index (χ1) is 7.70. The molecule has 0 N–H and O–H groups in total. The molecular weight excluding hydrogens is 196 g/mol. The van der Waals surface area contributed by atoms with Gasteiger partial charge in [-0.05, 0) is 37.6 Å². The molecule has 0 aliphatic carbocycles. The first-order valence-electron chi connectivity index (χ1n) is 6.22. The summed E-state index contributed by atoms with van der Waals surface area (Å²) in [6.07, 6.45) is 1.29. The fourth-order valence-electron chi connectivity index (χ4n) is 2.47. The topological polar surface area (TPSA) is 6.48 Å². The molecule has 1 aliphatic heterocycles. The molecular formula is C14H22N2. The van der Waals surface area contributed by atoms with Crippen molar-refractivity contribution >= 4 is 5.69 Å². The Labute approximate surface area is 98.9 Å². The lowest BCUT2D eigenvalue weighted by molar-refractivity contribution is 0.352. The van der Waals surface area contributed by atoms with Crippen LogP contribution in [0, 0.1) is 6.92 Å². The first kappa shape index (κ1) is 11.5. The van der Waals surface area contributed by atoms with Crippen LogP contribution in [-0.2, 0) is 0 Å². The highest BCUT2D eigenvalue weighted by Crippen LogP contribution is 2.21. The summed E-state index contributed by atoms with van der Waals surface area (Å²) >= 11 is 0. The molecule has 2 heteroatoms. The van der Waals surface area contributed by atoms with Gasteiger partial charge >= 0.3 is 0 Å². The van der Waals surface area contributed by atoms with Crippen LogP contribution in [0.4, 0.5) is 5.69 Å². The third-order valence-corrected chi connectivity index (χ3v) is 3.65. The Morgan fingerprint density at radius 1 is 1.44 bits per heavy atom. The molecule has 0 amide bonds. The van der Waals surface area contributed by atoms with Crippen molar-refractivity contribution in [1.82, 2.24) is 4.90 Å². The standard InChI is InChI=1S/C14H22N2/c1-4-16-9-8-14(11-16)15(3)13-7-5-6-12(2)10-13/h5-7,10,14H,4,8-9,11H2,1-3H3. The SMILES string of the molecule is CCN1CCC(N(C)c2cccc(C)c2)C1. The van der Waals surface area contributed by atoms with Crippen LogP contribution in [0.25, 0.3) is 0 Å². The van der Waals surface area contributed by atoms with E-state index in [-0.39, 0.29) is 0 Å². The van der Waals surface area contributed by atoms with Crippen molar-refractivity contribution in [2.45, 2.75) is 26.3 Å². The van der Waals surface area contributed by atoms with Gasteiger partial charge in [-0.25, -0.2) is 0 Å². The Morgan fingerprint density at radius 2 is 2.25 bits per heavy atom. The van der Waals surface area contributed by atoms with E-state index in [9.17, 15) is 0 Å². The average Bonchev–Trinajstić information content (AvgIpc) is 2.76. The maximum atomic E-state index is 2.52. The van der Waals surface area contributed by atoms with Crippen molar-refractivity contribution in [3.8, 4) is 0 Å². The third-order valence-electron chi connectivity index (χ3n) is 3.65. The van der Waals surface area contributed by atoms with Crippen LogP contribution in [0.2, 0.25) is 0 Å². The third kappa shape index (κ3) is 2.38. The molecule has 0 radical (unpaired) electrons. The van der Waals surface area contributed by atoms with E-state index in [4.69, 9.17) is 0 Å². The summed E-state index contributed by atoms with van der Waals surface area (Å²) in [4.78, 5) is 4.96. The lowest BCUT2D eigenvalue weighted by Gasteiger charge is -2.27. The lowest BCUT2D eigenvalue weighted by atomic mass is 10.1. The van der Waals surface area contributed by atoms with Gasteiger partial charge < -0.3 is 9.80 Å². The molecule has 1 aliphatic rings. The van der Waals surface area contributed by atoms with Gasteiger partial charge in [-0.1, -0.05) is 19.1 Å². The first-order valence-corrected chi connectivity index (χ1v) is 6.22. The van der Waals surface area contributed by atoms with E-state index in [0.717, 1.165) is 0 Å². The molecule has 88 valence electrons. The van der Waals surface area contributed by atoms with Gasteiger partial charge in [-0.3, -0.25) is 0 Å². The van der Waals surface area contributed by atoms with Crippen LogP contribution in [0.5, 0.6) is 0 Å². The van der Waals surface area contributed by atoms with E-state index < -0.39 is 0 Å². The molecule has 1 atom stereocenters. The summed E-state index contributed by atoms with van der Waals surface area (Å²) in [6, 6.07) is 9.47. The van der Waals surface area contributed by atoms with Crippen LogP contribution >= 0.6 is 0 Å². The van der Waals surface area contributed by atoms with Crippen LogP contribution < -0.4 is 4.90 Å². The van der Waals surface area contributed by atoms with Gasteiger partial charge in [0.2, 0.25) is 0 Å². The molecule has 16 heavy (non-hydrogen) atoms. The second kappa shape index (κ2) is 4.88. The molecule has 0 bridgehead atoms. The van der Waals surface area contributed by atoms with Crippen molar-refractivity contribution in [3.63, 3.8) is 0 Å². The number of hydrogen-bond acceptors (Lipinski definition) is 2. The maximum absolute atomic E-state index is 2.52. The summed E-state index contributed by atoms with van der Waals surface area (Å²) in [5.74, 6) is 0. The molecule has 0 aromatic heterocycles. The Hall–Kier alpha value is -1.02. The van der Waals surface area contributed by atoms with Crippen LogP contribution in [-0.4, -0.2) is 37.6 Å². The molecule has 0 saturated carbocycles. The highest BCUT2D eigenvalue weighted by Gasteiger charge is 2.24. The number of aryl methyl sites for hydroxylation is 1. The molecule has 1 heterocycles. The second-order valence-electron chi connectivity index (χ2n) is 4.79. The number of rotatable bonds is 3. The Balaban J connectivity index is 2.05. The number of nitrogens with zero attached hydrogens (tertiary/aromatic N) is 2. The molecule has 2 nitrogen and oxygen atoms in total. The molecule has 0 spiro atoms. The largest absolute Gasteiger partial charge is 0.370 e. The minimum atomic E-state index is 0.682. The van der Waals surface area contributed by atoms with Gasteiger partial charge in [-0.15, -0.1) is 0 Å². The van der Waals surface area contributed by atoms with E-state index in [0.29, 0.717) is 6.04 Å². The van der Waals surface area contributed by atoms with Crippen LogP contribution in [0.3, 0.4) is 0 Å². The van der Waals surface area contributed by atoms with E-state index in [1.54, 1.807) is 0 Å². The molecule has 2 rings (SSSR count). The van der Waals surface area contributed by atoms with E-state index in [2.05, 4.69) is 55.0 Å². The van der Waals surface area contributed by atoms with Crippen molar-refractivity contribution in [2.75, 3.05) is 31.6 Å². The van der Waals surface area contributed by atoms with Gasteiger partial charge in [0.05, 0.1) is 0 Å². The van der Waals surface area contributed by atoms with Gasteiger partial charge in [0.15, 0.2) is 0 Å². The predicted octanol–water partition coefficient (Wildman–Crippen LogP) is 2.53. The Kier molecular flexibility index (Phi) is 3.49. The van der Waals surface area contributed by atoms with Crippen LogP contribution in [0.1, 0.15) is 18.9 Å². The number of likely N-dealkylation sites (N-methyl/N-ethyl adjacent to an activating group) is 2. The predicted molar refractivity (Wildman–Crippen MR) is 70.1 cm³/mol. The van der Waals surface area contributed by atoms with Gasteiger partial charge in [0.25, 0.3) is 0 Å². The highest BCUT2D eigenvalue weighted by atomic mass is 15.2. The Morgan fingerprint density at radius 3 is 2.88 bits per heavy atom. The highest BCUT2D eigenvalue weighted by molar-refractivity contribution is 5.48. The fraction of sp³-hybridized carbons (Fsp3) is 0.571. The van der Waals surface area contributed by atoms with Gasteiger partial charge in [0, 0.05) is 31.9 Å². The number of benzene rings is 1. The zero-order valence-electron chi connectivity index (χ0n) is 10.6. The van der Waals surface area contributed by atoms with Crippen LogP contribution in [0.15, 0.2) is 24.3 Å². The fourth-order valence-corrected chi connectivity index (χ4v) is 2.47. The molecule has 1 unspecified atom stereocenters. The quantitative estimate of drug-likeness (QED) is 0.769. The monoisotopic (exact) mass is 218 g/mol. The molecule has 1 fully saturated rings. The number of likely N-dealkylation sites (tertiary alicyclic amines) is 1. The van der Waals surface area contributed by atoms with Gasteiger partial charge in [-0.2, -0.15) is 0 Å². The van der Waals surface area contributed by atoms with E-state index >= 15 is 0 Å². The van der Waals surface area contributed by atoms with Crippen molar-refractivity contribution in [3.05, 3.63) is 29.8 Å². The van der Waals surface area contributed by atoms with Crippen molar-refractivity contribution in [1.29, 1.82) is 0 Å². The number of anilines is 1. The minimum Gasteiger partial charge on any atom is -0.370 e. The lowest BCUT2D eigenvalue weighted by Crippen LogP contribution is -2.34. The molecule has 1 aromatic carbocycles. The normalized spacial score (nSPS) is 21.3. The van der Waals surface area contributed by atoms with E-state index in [1.165, 1.54) is 37.3 Å². The molecule has 1 saturated heterocycles. The summed E-state index contributed by atoms with van der Waals surface area (Å²) in [5, 5.41) is 0. The summed E-state index contributed by atoms with van der Waals surface area (Å²) in [5.41, 5.74) is 2.69. The van der Waals surface area contributed by atoms with Crippen molar-refractivity contribution < 1.29 is 0 Å². The Bertz CT molecular complexity index is 348. The second-order valence-corrected chi connectivity index (χ2v) is 4.79. The summed E-state index contributed by atoms with van der Waals surface area (Å²) in [6.45, 7) is 8.04. The zero-order valence-corrected chi connectivity index (χ0v) is 10.6.